The fraction of sp³-hybridized carbons (Fsp3) is 0.455. The van der Waals surface area contributed by atoms with Gasteiger partial charge in [0.1, 0.15) is 5.75 Å². The molecule has 1 amide bonds. The van der Waals surface area contributed by atoms with Crippen molar-refractivity contribution in [1.82, 2.24) is 15.2 Å². The van der Waals surface area contributed by atoms with Crippen LogP contribution in [0, 0.1) is 6.92 Å². The largest absolute Gasteiger partial charge is 0.490 e. The quantitative estimate of drug-likeness (QED) is 0.0811. The van der Waals surface area contributed by atoms with Crippen molar-refractivity contribution >= 4 is 5.91 Å². The van der Waals surface area contributed by atoms with Gasteiger partial charge < -0.3 is 25.2 Å². The Balaban J connectivity index is 1.05. The number of carbonyl (C=O) groups excluding carboxylic acids is 1. The first-order valence-corrected chi connectivity index (χ1v) is 19.0. The number of carbonyl (C=O) groups is 1. The molecule has 7 heteroatoms. The maximum Gasteiger partial charge on any atom is 0.222 e. The lowest BCUT2D eigenvalue weighted by Crippen LogP contribution is -2.31. The van der Waals surface area contributed by atoms with Gasteiger partial charge in [0.2, 0.25) is 5.91 Å². The first-order valence-electron chi connectivity index (χ1n) is 19.0. The highest BCUT2D eigenvalue weighted by Crippen LogP contribution is 2.50. The number of hydrogen-bond donors (Lipinski definition) is 3. The Bertz CT molecular complexity index is 1720. The van der Waals surface area contributed by atoms with E-state index in [2.05, 4.69) is 84.8 Å². The molecule has 0 spiro atoms. The maximum absolute atomic E-state index is 13.5. The minimum atomic E-state index is -0.688. The first kappa shape index (κ1) is 36.7. The van der Waals surface area contributed by atoms with Crippen LogP contribution in [0.25, 0.3) is 11.1 Å². The molecule has 2 saturated carbocycles. The number of rotatable bonds is 20. The van der Waals surface area contributed by atoms with E-state index in [0.29, 0.717) is 38.0 Å². The molecule has 2 fully saturated rings. The van der Waals surface area contributed by atoms with Gasteiger partial charge in [-0.05, 0) is 116 Å². The molecule has 2 aliphatic carbocycles. The first-order chi connectivity index (χ1) is 24.8. The topological polar surface area (TPSA) is 94.9 Å². The minimum Gasteiger partial charge on any atom is -0.490 e. The molecule has 2 aliphatic rings. The molecule has 3 N–H and O–H groups in total. The summed E-state index contributed by atoms with van der Waals surface area (Å²) in [6, 6.07) is 27.5. The number of unbranched alkanes of at least 4 members (excludes halogenated alkanes) is 1. The van der Waals surface area contributed by atoms with Gasteiger partial charge in [-0.2, -0.15) is 0 Å². The molecule has 6 rings (SSSR count). The smallest absolute Gasteiger partial charge is 0.222 e. The molecule has 270 valence electrons. The Kier molecular flexibility index (Phi) is 12.6. The maximum atomic E-state index is 13.5. The number of pyridine rings is 1. The van der Waals surface area contributed by atoms with Gasteiger partial charge in [0.15, 0.2) is 0 Å². The average Bonchev–Trinajstić information content (AvgIpc) is 4.11. The number of aromatic nitrogens is 1. The number of ether oxygens (including phenoxy) is 1. The molecule has 0 radical (unpaired) electrons. The second-order valence-corrected chi connectivity index (χ2v) is 14.8. The van der Waals surface area contributed by atoms with Crippen molar-refractivity contribution in [1.29, 1.82) is 0 Å². The van der Waals surface area contributed by atoms with E-state index in [1.165, 1.54) is 27.8 Å². The number of hydrogen-bond acceptors (Lipinski definition) is 6. The van der Waals surface area contributed by atoms with E-state index in [-0.39, 0.29) is 18.1 Å². The Morgan fingerprint density at radius 3 is 2.53 bits per heavy atom. The number of amides is 1. The SMILES string of the molecule is Cc1ccc(C(C)CCCC(=O)N(CCCCC(O)CO)Cc2ccccc2)cc1CNC1(c2cnccc2-c2ccccc2OC2CC2)CC1. The third-order valence-electron chi connectivity index (χ3n) is 10.7. The number of aryl methyl sites for hydroxylation is 1. The van der Waals surface area contributed by atoms with Crippen molar-refractivity contribution in [2.75, 3.05) is 13.2 Å². The minimum absolute atomic E-state index is 0.102. The van der Waals surface area contributed by atoms with Gasteiger partial charge in [0, 0.05) is 49.6 Å². The van der Waals surface area contributed by atoms with E-state index in [4.69, 9.17) is 9.84 Å². The Hall–Kier alpha value is -4.04. The Labute approximate surface area is 304 Å². The van der Waals surface area contributed by atoms with Crippen LogP contribution in [0.4, 0.5) is 0 Å². The summed E-state index contributed by atoms with van der Waals surface area (Å²) in [6.07, 6.45) is 12.4. The lowest BCUT2D eigenvalue weighted by Gasteiger charge is -2.24. The van der Waals surface area contributed by atoms with Gasteiger partial charge in [-0.25, -0.2) is 0 Å². The third-order valence-corrected chi connectivity index (χ3v) is 10.7. The molecule has 0 saturated heterocycles. The zero-order valence-electron chi connectivity index (χ0n) is 30.4. The number of nitrogens with zero attached hydrogens (tertiary/aromatic N) is 2. The molecule has 2 unspecified atom stereocenters. The van der Waals surface area contributed by atoms with E-state index < -0.39 is 6.10 Å². The van der Waals surface area contributed by atoms with Crippen LogP contribution in [0.15, 0.2) is 91.3 Å². The predicted molar refractivity (Wildman–Crippen MR) is 203 cm³/mol. The van der Waals surface area contributed by atoms with E-state index in [0.717, 1.165) is 74.8 Å². The monoisotopic (exact) mass is 689 g/mol. The summed E-state index contributed by atoms with van der Waals surface area (Å²) in [5.74, 6) is 1.47. The molecule has 7 nitrogen and oxygen atoms in total. The van der Waals surface area contributed by atoms with E-state index in [9.17, 15) is 9.90 Å². The Morgan fingerprint density at radius 1 is 0.980 bits per heavy atom. The van der Waals surface area contributed by atoms with Crippen LogP contribution < -0.4 is 10.1 Å². The fourth-order valence-corrected chi connectivity index (χ4v) is 7.04. The molecule has 4 aromatic rings. The van der Waals surface area contributed by atoms with Gasteiger partial charge in [-0.3, -0.25) is 9.78 Å². The van der Waals surface area contributed by atoms with Crippen molar-refractivity contribution in [3.63, 3.8) is 0 Å². The molecule has 0 bridgehead atoms. The molecular formula is C44H55N3O4. The van der Waals surface area contributed by atoms with Crippen LogP contribution in [-0.2, 0) is 23.4 Å². The number of aliphatic hydroxyl groups is 2. The Morgan fingerprint density at radius 2 is 1.76 bits per heavy atom. The summed E-state index contributed by atoms with van der Waals surface area (Å²) in [7, 11) is 0. The summed E-state index contributed by atoms with van der Waals surface area (Å²) in [5.41, 5.74) is 8.50. The van der Waals surface area contributed by atoms with Crippen LogP contribution in [0.1, 0.15) is 105 Å². The molecule has 1 aromatic heterocycles. The second-order valence-electron chi connectivity index (χ2n) is 14.8. The van der Waals surface area contributed by atoms with E-state index >= 15 is 0 Å². The summed E-state index contributed by atoms with van der Waals surface area (Å²) in [6.45, 7) is 6.27. The van der Waals surface area contributed by atoms with Crippen LogP contribution in [0.5, 0.6) is 5.75 Å². The summed E-state index contributed by atoms with van der Waals surface area (Å²) in [5, 5.41) is 22.8. The summed E-state index contributed by atoms with van der Waals surface area (Å²) >= 11 is 0. The number of para-hydroxylation sites is 1. The highest BCUT2D eigenvalue weighted by Gasteiger charge is 2.46. The zero-order chi connectivity index (χ0) is 35.6. The van der Waals surface area contributed by atoms with Gasteiger partial charge in [0.25, 0.3) is 0 Å². The predicted octanol–water partition coefficient (Wildman–Crippen LogP) is 8.20. The van der Waals surface area contributed by atoms with Crippen LogP contribution in [-0.4, -0.2) is 51.4 Å². The van der Waals surface area contributed by atoms with Crippen molar-refractivity contribution in [3.05, 3.63) is 119 Å². The average molecular weight is 690 g/mol. The van der Waals surface area contributed by atoms with E-state index in [1.54, 1.807) is 0 Å². The number of benzene rings is 3. The van der Waals surface area contributed by atoms with E-state index in [1.807, 2.05) is 35.5 Å². The third kappa shape index (κ3) is 10.1. The molecule has 1 heterocycles. The van der Waals surface area contributed by atoms with Crippen LogP contribution >= 0.6 is 0 Å². The highest BCUT2D eigenvalue weighted by molar-refractivity contribution is 5.76. The molecular weight excluding hydrogens is 635 g/mol. The van der Waals surface area contributed by atoms with Crippen molar-refractivity contribution in [2.24, 2.45) is 0 Å². The fourth-order valence-electron chi connectivity index (χ4n) is 7.04. The standard InChI is InChI=1S/C44H55N3O4/c1-32(11-10-17-43(50)47(26-9-8-14-37(49)31-48)30-34-12-4-3-5-13-34)35-19-18-33(2)36(27-35)28-46-44(23-24-44)41-29-45-25-22-39(41)40-15-6-7-16-42(40)51-38-20-21-38/h3-7,12-13,15-16,18-19,22,25,27,29,32,37-38,46,48-49H,8-11,14,17,20-21,23-24,26,28,30-31H2,1-2H3. The highest BCUT2D eigenvalue weighted by atomic mass is 16.5. The normalized spacial score (nSPS) is 16.0. The molecule has 2 atom stereocenters. The van der Waals surface area contributed by atoms with Crippen molar-refractivity contribution in [2.45, 2.75) is 115 Å². The summed E-state index contributed by atoms with van der Waals surface area (Å²) in [4.78, 5) is 20.0. The molecule has 51 heavy (non-hydrogen) atoms. The van der Waals surface area contributed by atoms with Crippen molar-refractivity contribution in [3.8, 4) is 16.9 Å². The lowest BCUT2D eigenvalue weighted by molar-refractivity contribution is -0.132. The van der Waals surface area contributed by atoms with Crippen LogP contribution in [0.2, 0.25) is 0 Å². The molecule has 0 aliphatic heterocycles. The van der Waals surface area contributed by atoms with Gasteiger partial charge in [-0.1, -0.05) is 73.7 Å². The zero-order valence-corrected chi connectivity index (χ0v) is 30.4. The van der Waals surface area contributed by atoms with Crippen LogP contribution in [0.3, 0.4) is 0 Å². The molecule has 3 aromatic carbocycles. The van der Waals surface area contributed by atoms with Gasteiger partial charge in [0.05, 0.1) is 18.8 Å². The number of aliphatic hydroxyl groups excluding tert-OH is 2. The lowest BCUT2D eigenvalue weighted by atomic mass is 9.91. The van der Waals surface area contributed by atoms with Gasteiger partial charge >= 0.3 is 0 Å². The second kappa shape index (κ2) is 17.5. The summed E-state index contributed by atoms with van der Waals surface area (Å²) < 4.78 is 6.31. The number of nitrogens with one attached hydrogen (secondary N) is 1. The van der Waals surface area contributed by atoms with Crippen molar-refractivity contribution < 1.29 is 19.7 Å². The van der Waals surface area contributed by atoms with Gasteiger partial charge in [-0.15, -0.1) is 0 Å².